The van der Waals surface area contributed by atoms with Crippen molar-refractivity contribution in [2.75, 3.05) is 5.32 Å². The Bertz CT molecular complexity index is 652. The number of carbonyl (C=O) groups is 1. The number of fused-ring (bicyclic) bond motifs is 1. The molecule has 20 heavy (non-hydrogen) atoms. The summed E-state index contributed by atoms with van der Waals surface area (Å²) in [5.74, 6) is -0.411. The number of amides is 1. The Morgan fingerprint density at radius 1 is 1.15 bits per heavy atom. The summed E-state index contributed by atoms with van der Waals surface area (Å²) in [5.41, 5.74) is 3.91. The van der Waals surface area contributed by atoms with Gasteiger partial charge in [-0.1, -0.05) is 24.3 Å². The molecule has 1 aliphatic rings. The fraction of sp³-hybridized carbons (Fsp3) is 0.188. The number of halogens is 1. The van der Waals surface area contributed by atoms with Gasteiger partial charge >= 0.3 is 0 Å². The minimum Gasteiger partial charge on any atom is -0.370 e. The molecule has 0 aliphatic carbocycles. The van der Waals surface area contributed by atoms with E-state index in [4.69, 9.17) is 0 Å². The van der Waals surface area contributed by atoms with Gasteiger partial charge in [0.1, 0.15) is 11.9 Å². The highest BCUT2D eigenvalue weighted by atomic mass is 19.1. The first kappa shape index (κ1) is 12.7. The molecule has 2 aromatic carbocycles. The molecule has 0 aromatic heterocycles. The highest BCUT2D eigenvalue weighted by Gasteiger charge is 2.25. The number of rotatable bonds is 1. The van der Waals surface area contributed by atoms with E-state index in [1.165, 1.54) is 12.1 Å². The summed E-state index contributed by atoms with van der Waals surface area (Å²) in [7, 11) is 0. The monoisotopic (exact) mass is 270 g/mol. The molecule has 0 spiro atoms. The number of hydrogen-bond donors (Lipinski definition) is 2. The van der Waals surface area contributed by atoms with Crippen LogP contribution in [-0.4, -0.2) is 5.91 Å². The van der Waals surface area contributed by atoms with Crippen LogP contribution in [-0.2, 0) is 11.3 Å². The average Bonchev–Trinajstić information content (AvgIpc) is 2.61. The zero-order valence-electron chi connectivity index (χ0n) is 11.1. The van der Waals surface area contributed by atoms with Crippen molar-refractivity contribution in [2.45, 2.75) is 19.5 Å². The third kappa shape index (κ3) is 2.25. The third-order valence-corrected chi connectivity index (χ3v) is 3.62. The van der Waals surface area contributed by atoms with Crippen LogP contribution >= 0.6 is 0 Å². The summed E-state index contributed by atoms with van der Waals surface area (Å²) in [6.45, 7) is 2.52. The predicted octanol–water partition coefficient (Wildman–Crippen LogP) is 2.92. The Kier molecular flexibility index (Phi) is 3.14. The van der Waals surface area contributed by atoms with E-state index in [1.54, 1.807) is 12.1 Å². The molecule has 3 nitrogen and oxygen atoms in total. The molecule has 4 heteroatoms. The van der Waals surface area contributed by atoms with Crippen molar-refractivity contribution in [3.63, 3.8) is 0 Å². The SMILES string of the molecule is Cc1cccc2c1CNC(=O)C(c1ccc(F)cc1)N2. The second kappa shape index (κ2) is 4.96. The van der Waals surface area contributed by atoms with Gasteiger partial charge in [-0.3, -0.25) is 4.79 Å². The maximum atomic E-state index is 13.0. The average molecular weight is 270 g/mol. The molecule has 1 amide bonds. The Hall–Kier alpha value is -2.36. The van der Waals surface area contributed by atoms with Gasteiger partial charge in [0.25, 0.3) is 0 Å². The first-order valence-electron chi connectivity index (χ1n) is 6.53. The largest absolute Gasteiger partial charge is 0.370 e. The minimum atomic E-state index is -0.501. The number of nitrogens with one attached hydrogen (secondary N) is 2. The van der Waals surface area contributed by atoms with Crippen molar-refractivity contribution >= 4 is 11.6 Å². The maximum absolute atomic E-state index is 13.0. The summed E-state index contributed by atoms with van der Waals surface area (Å²) in [5, 5.41) is 6.16. The molecule has 1 aliphatic heterocycles. The standard InChI is InChI=1S/C16H15FN2O/c1-10-3-2-4-14-13(10)9-18-16(20)15(19-14)11-5-7-12(17)8-6-11/h2-8,15,19H,9H2,1H3,(H,18,20). The smallest absolute Gasteiger partial charge is 0.247 e. The fourth-order valence-electron chi connectivity index (χ4n) is 2.46. The second-order valence-electron chi connectivity index (χ2n) is 4.95. The van der Waals surface area contributed by atoms with E-state index in [0.717, 1.165) is 22.4 Å². The van der Waals surface area contributed by atoms with Gasteiger partial charge in [0.05, 0.1) is 0 Å². The van der Waals surface area contributed by atoms with Gasteiger partial charge in [0, 0.05) is 12.2 Å². The van der Waals surface area contributed by atoms with E-state index >= 15 is 0 Å². The van der Waals surface area contributed by atoms with Crippen LogP contribution in [0.3, 0.4) is 0 Å². The molecule has 3 rings (SSSR count). The van der Waals surface area contributed by atoms with Crippen molar-refractivity contribution in [3.05, 3.63) is 65.0 Å². The van der Waals surface area contributed by atoms with Crippen LogP contribution in [0, 0.1) is 12.7 Å². The van der Waals surface area contributed by atoms with Gasteiger partial charge in [0.2, 0.25) is 5.91 Å². The van der Waals surface area contributed by atoms with Crippen LogP contribution in [0.4, 0.5) is 10.1 Å². The zero-order valence-corrected chi connectivity index (χ0v) is 11.1. The van der Waals surface area contributed by atoms with Crippen molar-refractivity contribution in [1.82, 2.24) is 5.32 Å². The van der Waals surface area contributed by atoms with Crippen LogP contribution in [0.25, 0.3) is 0 Å². The van der Waals surface area contributed by atoms with E-state index in [-0.39, 0.29) is 11.7 Å². The van der Waals surface area contributed by atoms with Crippen molar-refractivity contribution < 1.29 is 9.18 Å². The Labute approximate surface area is 116 Å². The highest BCUT2D eigenvalue weighted by Crippen LogP contribution is 2.28. The van der Waals surface area contributed by atoms with E-state index in [2.05, 4.69) is 10.6 Å². The molecular weight excluding hydrogens is 255 g/mol. The van der Waals surface area contributed by atoms with Crippen LogP contribution in [0.2, 0.25) is 0 Å². The summed E-state index contributed by atoms with van der Waals surface area (Å²) < 4.78 is 13.0. The topological polar surface area (TPSA) is 41.1 Å². The third-order valence-electron chi connectivity index (χ3n) is 3.62. The summed E-state index contributed by atoms with van der Waals surface area (Å²) >= 11 is 0. The quantitative estimate of drug-likeness (QED) is 0.836. The number of anilines is 1. The van der Waals surface area contributed by atoms with Gasteiger partial charge in [0.15, 0.2) is 0 Å². The molecule has 2 N–H and O–H groups in total. The zero-order chi connectivity index (χ0) is 14.1. The lowest BCUT2D eigenvalue weighted by atomic mass is 10.0. The molecule has 0 bridgehead atoms. The minimum absolute atomic E-state index is 0.104. The van der Waals surface area contributed by atoms with Gasteiger partial charge < -0.3 is 10.6 Å². The maximum Gasteiger partial charge on any atom is 0.247 e. The molecular formula is C16H15FN2O. The Morgan fingerprint density at radius 2 is 1.90 bits per heavy atom. The fourth-order valence-corrected chi connectivity index (χ4v) is 2.46. The van der Waals surface area contributed by atoms with Crippen LogP contribution in [0.1, 0.15) is 22.7 Å². The van der Waals surface area contributed by atoms with Crippen LogP contribution in [0.5, 0.6) is 0 Å². The van der Waals surface area contributed by atoms with Gasteiger partial charge in [-0.2, -0.15) is 0 Å². The molecule has 0 radical (unpaired) electrons. The molecule has 2 aromatic rings. The lowest BCUT2D eigenvalue weighted by molar-refractivity contribution is -0.122. The normalized spacial score (nSPS) is 17.7. The predicted molar refractivity (Wildman–Crippen MR) is 75.8 cm³/mol. The van der Waals surface area contributed by atoms with Crippen LogP contribution < -0.4 is 10.6 Å². The summed E-state index contributed by atoms with van der Waals surface area (Å²) in [6.07, 6.45) is 0. The highest BCUT2D eigenvalue weighted by molar-refractivity contribution is 5.87. The first-order chi connectivity index (χ1) is 9.65. The van der Waals surface area contributed by atoms with Crippen LogP contribution in [0.15, 0.2) is 42.5 Å². The first-order valence-corrected chi connectivity index (χ1v) is 6.53. The van der Waals surface area contributed by atoms with E-state index < -0.39 is 6.04 Å². The number of aryl methyl sites for hydroxylation is 1. The van der Waals surface area contributed by atoms with Gasteiger partial charge in [-0.05, 0) is 41.8 Å². The Balaban J connectivity index is 1.99. The number of carbonyl (C=O) groups excluding carboxylic acids is 1. The summed E-state index contributed by atoms with van der Waals surface area (Å²) in [4.78, 5) is 12.2. The lowest BCUT2D eigenvalue weighted by Gasteiger charge is -2.17. The van der Waals surface area contributed by atoms with Gasteiger partial charge in [-0.25, -0.2) is 4.39 Å². The van der Waals surface area contributed by atoms with Crippen molar-refractivity contribution in [1.29, 1.82) is 0 Å². The molecule has 0 fully saturated rings. The molecule has 1 atom stereocenters. The second-order valence-corrected chi connectivity index (χ2v) is 4.95. The number of hydrogen-bond acceptors (Lipinski definition) is 2. The van der Waals surface area contributed by atoms with Crippen molar-refractivity contribution in [3.8, 4) is 0 Å². The molecule has 102 valence electrons. The molecule has 0 saturated carbocycles. The van der Waals surface area contributed by atoms with E-state index in [9.17, 15) is 9.18 Å². The van der Waals surface area contributed by atoms with E-state index in [1.807, 2.05) is 25.1 Å². The van der Waals surface area contributed by atoms with Gasteiger partial charge in [-0.15, -0.1) is 0 Å². The Morgan fingerprint density at radius 3 is 2.65 bits per heavy atom. The molecule has 1 heterocycles. The number of benzene rings is 2. The lowest BCUT2D eigenvalue weighted by Crippen LogP contribution is -2.30. The molecule has 0 saturated heterocycles. The van der Waals surface area contributed by atoms with E-state index in [0.29, 0.717) is 6.54 Å². The summed E-state index contributed by atoms with van der Waals surface area (Å²) in [6, 6.07) is 11.4. The van der Waals surface area contributed by atoms with Crippen molar-refractivity contribution in [2.24, 2.45) is 0 Å². The molecule has 1 unspecified atom stereocenters.